The summed E-state index contributed by atoms with van der Waals surface area (Å²) >= 11 is 1.90. The number of nitrogens with zero attached hydrogens (tertiary/aromatic N) is 1. The Morgan fingerprint density at radius 2 is 1.81 bits per heavy atom. The highest BCUT2D eigenvalue weighted by molar-refractivity contribution is 7.99. The van der Waals surface area contributed by atoms with E-state index in [-0.39, 0.29) is 5.91 Å². The molecule has 4 heteroatoms. The van der Waals surface area contributed by atoms with Crippen molar-refractivity contribution in [2.75, 3.05) is 24.6 Å². The third-order valence-corrected chi connectivity index (χ3v) is 4.57. The molecule has 2 aliphatic rings. The molecule has 1 saturated carbocycles. The fraction of sp³-hybridized carbons (Fsp3) is 0.917. The first-order chi connectivity index (χ1) is 7.70. The van der Waals surface area contributed by atoms with E-state index >= 15 is 0 Å². The van der Waals surface area contributed by atoms with Crippen molar-refractivity contribution >= 4 is 17.7 Å². The van der Waals surface area contributed by atoms with Gasteiger partial charge < -0.3 is 10.0 Å². The van der Waals surface area contributed by atoms with Gasteiger partial charge in [-0.15, -0.1) is 0 Å². The smallest absolute Gasteiger partial charge is 0.225 e. The molecule has 0 radical (unpaired) electrons. The maximum atomic E-state index is 12.0. The molecule has 2 rings (SSSR count). The first-order valence-electron chi connectivity index (χ1n) is 6.28. The largest absolute Gasteiger partial charge is 0.389 e. The molecule has 92 valence electrons. The van der Waals surface area contributed by atoms with Crippen LogP contribution >= 0.6 is 11.8 Å². The number of aliphatic hydroxyl groups is 1. The number of hydrogen-bond acceptors (Lipinski definition) is 3. The molecule has 0 spiro atoms. The van der Waals surface area contributed by atoms with Crippen LogP contribution in [0, 0.1) is 0 Å². The van der Waals surface area contributed by atoms with Crippen molar-refractivity contribution in [3.05, 3.63) is 0 Å². The summed E-state index contributed by atoms with van der Waals surface area (Å²) < 4.78 is 0. The number of amides is 1. The summed E-state index contributed by atoms with van der Waals surface area (Å²) in [6.45, 7) is 1.72. The Bertz CT molecular complexity index is 245. The zero-order valence-corrected chi connectivity index (χ0v) is 10.6. The van der Waals surface area contributed by atoms with Gasteiger partial charge in [-0.3, -0.25) is 4.79 Å². The van der Waals surface area contributed by atoms with Crippen LogP contribution in [0.1, 0.15) is 38.5 Å². The minimum atomic E-state index is -0.695. The van der Waals surface area contributed by atoms with Crippen molar-refractivity contribution < 1.29 is 9.90 Å². The molecule has 0 bridgehead atoms. The Hall–Kier alpha value is -0.220. The molecule has 0 aromatic carbocycles. The zero-order valence-electron chi connectivity index (χ0n) is 9.78. The Balaban J connectivity index is 1.85. The van der Waals surface area contributed by atoms with Gasteiger partial charge in [-0.25, -0.2) is 0 Å². The predicted octanol–water partition coefficient (Wildman–Crippen LogP) is 1.65. The summed E-state index contributed by atoms with van der Waals surface area (Å²) in [5.74, 6) is 2.25. The topological polar surface area (TPSA) is 40.5 Å². The SMILES string of the molecule is O=C(CC1(O)CCCCC1)N1CCSCC1. The third-order valence-electron chi connectivity index (χ3n) is 3.63. The van der Waals surface area contributed by atoms with Crippen molar-refractivity contribution in [1.82, 2.24) is 4.90 Å². The third kappa shape index (κ3) is 3.14. The minimum absolute atomic E-state index is 0.157. The molecule has 0 atom stereocenters. The van der Waals surface area contributed by atoms with Gasteiger partial charge in [0.25, 0.3) is 0 Å². The Morgan fingerprint density at radius 3 is 2.44 bits per heavy atom. The van der Waals surface area contributed by atoms with Gasteiger partial charge in [0.05, 0.1) is 12.0 Å². The molecule has 1 N–H and O–H groups in total. The normalized spacial score (nSPS) is 25.4. The number of hydrogen-bond donors (Lipinski definition) is 1. The molecule has 0 unspecified atom stereocenters. The number of thioether (sulfide) groups is 1. The molecule has 1 heterocycles. The van der Waals surface area contributed by atoms with Crippen molar-refractivity contribution in [2.45, 2.75) is 44.1 Å². The van der Waals surface area contributed by atoms with Crippen LogP contribution in [0.25, 0.3) is 0 Å². The predicted molar refractivity (Wildman–Crippen MR) is 66.6 cm³/mol. The summed E-state index contributed by atoms with van der Waals surface area (Å²) in [7, 11) is 0. The summed E-state index contributed by atoms with van der Waals surface area (Å²) in [5.41, 5.74) is -0.695. The summed E-state index contributed by atoms with van der Waals surface area (Å²) in [6.07, 6.45) is 5.30. The lowest BCUT2D eigenvalue weighted by Gasteiger charge is -2.34. The fourth-order valence-corrected chi connectivity index (χ4v) is 3.50. The van der Waals surface area contributed by atoms with E-state index in [2.05, 4.69) is 0 Å². The van der Waals surface area contributed by atoms with E-state index in [0.29, 0.717) is 6.42 Å². The Labute approximate surface area is 102 Å². The van der Waals surface area contributed by atoms with Crippen molar-refractivity contribution in [3.63, 3.8) is 0 Å². The van der Waals surface area contributed by atoms with E-state index in [1.807, 2.05) is 16.7 Å². The van der Waals surface area contributed by atoms with Gasteiger partial charge in [-0.05, 0) is 12.8 Å². The van der Waals surface area contributed by atoms with Crippen LogP contribution in [0.4, 0.5) is 0 Å². The second kappa shape index (κ2) is 5.41. The number of rotatable bonds is 2. The number of carbonyl (C=O) groups excluding carboxylic acids is 1. The molecule has 0 aromatic rings. The van der Waals surface area contributed by atoms with Crippen LogP contribution in [0.3, 0.4) is 0 Å². The highest BCUT2D eigenvalue weighted by Gasteiger charge is 2.33. The van der Waals surface area contributed by atoms with Crippen LogP contribution in [0.2, 0.25) is 0 Å². The van der Waals surface area contributed by atoms with E-state index in [9.17, 15) is 9.90 Å². The van der Waals surface area contributed by atoms with Gasteiger partial charge in [0.2, 0.25) is 5.91 Å². The van der Waals surface area contributed by atoms with Crippen LogP contribution in [-0.4, -0.2) is 46.1 Å². The van der Waals surface area contributed by atoms with Gasteiger partial charge in [0, 0.05) is 24.6 Å². The average Bonchev–Trinajstić information content (AvgIpc) is 2.30. The van der Waals surface area contributed by atoms with Gasteiger partial charge in [0.15, 0.2) is 0 Å². The van der Waals surface area contributed by atoms with Crippen LogP contribution in [0.15, 0.2) is 0 Å². The average molecular weight is 243 g/mol. The van der Waals surface area contributed by atoms with E-state index < -0.39 is 5.60 Å². The maximum absolute atomic E-state index is 12.0. The van der Waals surface area contributed by atoms with E-state index in [1.165, 1.54) is 6.42 Å². The summed E-state index contributed by atoms with van der Waals surface area (Å²) in [5, 5.41) is 10.3. The van der Waals surface area contributed by atoms with Gasteiger partial charge in [-0.1, -0.05) is 19.3 Å². The molecule has 1 aliphatic carbocycles. The quantitative estimate of drug-likeness (QED) is 0.801. The molecule has 1 amide bonds. The first kappa shape index (κ1) is 12.2. The van der Waals surface area contributed by atoms with Gasteiger partial charge in [-0.2, -0.15) is 11.8 Å². The van der Waals surface area contributed by atoms with Crippen molar-refractivity contribution in [3.8, 4) is 0 Å². The summed E-state index contributed by atoms with van der Waals surface area (Å²) in [4.78, 5) is 13.9. The molecule has 3 nitrogen and oxygen atoms in total. The van der Waals surface area contributed by atoms with Crippen LogP contribution in [-0.2, 0) is 4.79 Å². The lowest BCUT2D eigenvalue weighted by atomic mass is 9.82. The molecular weight excluding hydrogens is 222 g/mol. The van der Waals surface area contributed by atoms with Crippen molar-refractivity contribution in [1.29, 1.82) is 0 Å². The van der Waals surface area contributed by atoms with Crippen molar-refractivity contribution in [2.24, 2.45) is 0 Å². The Morgan fingerprint density at radius 1 is 1.19 bits per heavy atom. The minimum Gasteiger partial charge on any atom is -0.389 e. The fourth-order valence-electron chi connectivity index (χ4n) is 2.59. The first-order valence-corrected chi connectivity index (χ1v) is 7.43. The molecule has 2 fully saturated rings. The highest BCUT2D eigenvalue weighted by Crippen LogP contribution is 2.31. The molecular formula is C12H21NO2S. The van der Waals surface area contributed by atoms with Gasteiger partial charge in [0.1, 0.15) is 0 Å². The maximum Gasteiger partial charge on any atom is 0.225 e. The standard InChI is InChI=1S/C12H21NO2S/c14-11(13-6-8-16-9-7-13)10-12(15)4-2-1-3-5-12/h15H,1-10H2. The second-order valence-electron chi connectivity index (χ2n) is 4.95. The van der Waals surface area contributed by atoms with E-state index in [1.54, 1.807) is 0 Å². The lowest BCUT2D eigenvalue weighted by Crippen LogP contribution is -2.43. The zero-order chi connectivity index (χ0) is 11.4. The highest BCUT2D eigenvalue weighted by atomic mass is 32.2. The Kier molecular flexibility index (Phi) is 4.14. The summed E-state index contributed by atoms with van der Waals surface area (Å²) in [6, 6.07) is 0. The van der Waals surface area contributed by atoms with Crippen LogP contribution in [0.5, 0.6) is 0 Å². The molecule has 1 aliphatic heterocycles. The monoisotopic (exact) mass is 243 g/mol. The van der Waals surface area contributed by atoms with E-state index in [0.717, 1.165) is 50.3 Å². The second-order valence-corrected chi connectivity index (χ2v) is 6.18. The van der Waals surface area contributed by atoms with Crippen LogP contribution < -0.4 is 0 Å². The molecule has 0 aromatic heterocycles. The molecule has 16 heavy (non-hydrogen) atoms. The van der Waals surface area contributed by atoms with E-state index in [4.69, 9.17) is 0 Å². The lowest BCUT2D eigenvalue weighted by molar-refractivity contribution is -0.137. The van der Waals surface area contributed by atoms with Gasteiger partial charge >= 0.3 is 0 Å². The molecule has 1 saturated heterocycles. The number of carbonyl (C=O) groups is 1.